The minimum Gasteiger partial charge on any atom is -0.451 e. The SMILES string of the molecule is Cc1ccccc1C(=O)NCC(=O)OC(C)C(=O)Nc1ccccc1OC(F)F. The number of hydrogen-bond acceptors (Lipinski definition) is 5. The average Bonchev–Trinajstić information content (AvgIpc) is 2.67. The van der Waals surface area contributed by atoms with E-state index in [0.717, 1.165) is 5.56 Å². The average molecular weight is 406 g/mol. The number of esters is 1. The van der Waals surface area contributed by atoms with Gasteiger partial charge >= 0.3 is 12.6 Å². The van der Waals surface area contributed by atoms with E-state index in [4.69, 9.17) is 4.74 Å². The van der Waals surface area contributed by atoms with Crippen molar-refractivity contribution in [2.45, 2.75) is 26.6 Å². The summed E-state index contributed by atoms with van der Waals surface area (Å²) in [6, 6.07) is 12.5. The van der Waals surface area contributed by atoms with Gasteiger partial charge in [0.1, 0.15) is 12.3 Å². The highest BCUT2D eigenvalue weighted by molar-refractivity contribution is 5.98. The van der Waals surface area contributed by atoms with Crippen LogP contribution in [0.5, 0.6) is 5.75 Å². The zero-order valence-electron chi connectivity index (χ0n) is 15.8. The number of carbonyl (C=O) groups is 3. The molecule has 0 aliphatic heterocycles. The molecule has 0 bridgehead atoms. The summed E-state index contributed by atoms with van der Waals surface area (Å²) in [7, 11) is 0. The van der Waals surface area contributed by atoms with Gasteiger partial charge in [-0.1, -0.05) is 30.3 Å². The van der Waals surface area contributed by atoms with E-state index >= 15 is 0 Å². The van der Waals surface area contributed by atoms with Crippen LogP contribution in [-0.4, -0.2) is 37.0 Å². The maximum atomic E-state index is 12.4. The molecule has 0 saturated heterocycles. The van der Waals surface area contributed by atoms with Crippen molar-refractivity contribution in [3.63, 3.8) is 0 Å². The van der Waals surface area contributed by atoms with Crippen molar-refractivity contribution < 1.29 is 32.6 Å². The molecule has 29 heavy (non-hydrogen) atoms. The Labute approximate surface area is 166 Å². The van der Waals surface area contributed by atoms with Gasteiger partial charge in [0.05, 0.1) is 5.69 Å². The molecule has 0 fully saturated rings. The van der Waals surface area contributed by atoms with Crippen LogP contribution in [0.2, 0.25) is 0 Å². The van der Waals surface area contributed by atoms with E-state index in [9.17, 15) is 23.2 Å². The van der Waals surface area contributed by atoms with Gasteiger partial charge in [-0.25, -0.2) is 0 Å². The molecule has 0 aliphatic carbocycles. The van der Waals surface area contributed by atoms with Crippen LogP contribution in [0.1, 0.15) is 22.8 Å². The van der Waals surface area contributed by atoms with Gasteiger partial charge < -0.3 is 20.1 Å². The van der Waals surface area contributed by atoms with Crippen LogP contribution < -0.4 is 15.4 Å². The molecule has 0 spiro atoms. The summed E-state index contributed by atoms with van der Waals surface area (Å²) in [5.74, 6) is -2.24. The standard InChI is InChI=1S/C20H20F2N2O5/c1-12-7-3-4-8-14(12)19(27)23-11-17(25)28-13(2)18(26)24-15-9-5-6-10-16(15)29-20(21)22/h3-10,13,20H,11H2,1-2H3,(H,23,27)(H,24,26). The molecule has 154 valence electrons. The number of ether oxygens (including phenoxy) is 2. The maximum Gasteiger partial charge on any atom is 0.387 e. The summed E-state index contributed by atoms with van der Waals surface area (Å²) >= 11 is 0. The highest BCUT2D eigenvalue weighted by atomic mass is 19.3. The van der Waals surface area contributed by atoms with E-state index in [1.54, 1.807) is 31.2 Å². The van der Waals surface area contributed by atoms with E-state index in [1.807, 2.05) is 0 Å². The lowest BCUT2D eigenvalue weighted by atomic mass is 10.1. The van der Waals surface area contributed by atoms with Gasteiger partial charge in [-0.2, -0.15) is 8.78 Å². The van der Waals surface area contributed by atoms with Gasteiger partial charge in [0.2, 0.25) is 0 Å². The number of nitrogens with one attached hydrogen (secondary N) is 2. The van der Waals surface area contributed by atoms with Crippen LogP contribution in [0.4, 0.5) is 14.5 Å². The minimum absolute atomic E-state index is 0.00792. The second-order valence-electron chi connectivity index (χ2n) is 5.99. The van der Waals surface area contributed by atoms with E-state index in [1.165, 1.54) is 31.2 Å². The van der Waals surface area contributed by atoms with Crippen molar-refractivity contribution in [1.29, 1.82) is 0 Å². The number of halogens is 2. The largest absolute Gasteiger partial charge is 0.451 e. The molecule has 2 aromatic carbocycles. The molecular weight excluding hydrogens is 386 g/mol. The summed E-state index contributed by atoms with van der Waals surface area (Å²) in [5, 5.41) is 4.77. The van der Waals surface area contributed by atoms with Crippen molar-refractivity contribution in [1.82, 2.24) is 5.32 Å². The van der Waals surface area contributed by atoms with E-state index < -0.39 is 37.0 Å². The number of amides is 2. The molecule has 2 aromatic rings. The fourth-order valence-corrected chi connectivity index (χ4v) is 2.37. The molecule has 0 heterocycles. The van der Waals surface area contributed by atoms with Gasteiger partial charge in [0, 0.05) is 5.56 Å². The number of rotatable bonds is 8. The predicted molar refractivity (Wildman–Crippen MR) is 101 cm³/mol. The quantitative estimate of drug-likeness (QED) is 0.658. The van der Waals surface area contributed by atoms with E-state index in [0.29, 0.717) is 5.56 Å². The van der Waals surface area contributed by atoms with Gasteiger partial charge in [-0.3, -0.25) is 14.4 Å². The number of alkyl halides is 2. The van der Waals surface area contributed by atoms with Crippen LogP contribution >= 0.6 is 0 Å². The second-order valence-corrected chi connectivity index (χ2v) is 5.99. The molecule has 1 unspecified atom stereocenters. The lowest BCUT2D eigenvalue weighted by Gasteiger charge is -2.16. The van der Waals surface area contributed by atoms with E-state index in [2.05, 4.69) is 15.4 Å². The summed E-state index contributed by atoms with van der Waals surface area (Å²) in [6.45, 7) is -0.418. The number of anilines is 1. The summed E-state index contributed by atoms with van der Waals surface area (Å²) in [5.41, 5.74) is 1.17. The Morgan fingerprint density at radius 1 is 1.03 bits per heavy atom. The number of benzene rings is 2. The molecule has 0 saturated carbocycles. The zero-order valence-corrected chi connectivity index (χ0v) is 15.8. The van der Waals surface area contributed by atoms with Crippen molar-refractivity contribution in [2.24, 2.45) is 0 Å². The third-order valence-electron chi connectivity index (χ3n) is 3.82. The van der Waals surface area contributed by atoms with Crippen LogP contribution in [-0.2, 0) is 14.3 Å². The van der Waals surface area contributed by atoms with Gasteiger partial charge in [0.25, 0.3) is 11.8 Å². The fraction of sp³-hybridized carbons (Fsp3) is 0.250. The van der Waals surface area contributed by atoms with Crippen molar-refractivity contribution in [3.05, 3.63) is 59.7 Å². The molecule has 0 radical (unpaired) electrons. The predicted octanol–water partition coefficient (Wildman–Crippen LogP) is 2.90. The van der Waals surface area contributed by atoms with Crippen LogP contribution in [0.15, 0.2) is 48.5 Å². The van der Waals surface area contributed by atoms with Gasteiger partial charge in [0.15, 0.2) is 6.10 Å². The van der Waals surface area contributed by atoms with Gasteiger partial charge in [-0.05, 0) is 37.6 Å². The summed E-state index contributed by atoms with van der Waals surface area (Å²) in [6.07, 6.45) is -1.22. The Bertz CT molecular complexity index is 889. The molecule has 1 atom stereocenters. The number of carbonyl (C=O) groups excluding carboxylic acids is 3. The normalized spacial score (nSPS) is 11.5. The molecule has 2 rings (SSSR count). The smallest absolute Gasteiger partial charge is 0.387 e. The third-order valence-corrected chi connectivity index (χ3v) is 3.82. The molecule has 7 nitrogen and oxygen atoms in total. The first-order valence-corrected chi connectivity index (χ1v) is 8.66. The topological polar surface area (TPSA) is 93.7 Å². The van der Waals surface area contributed by atoms with Crippen molar-refractivity contribution >= 4 is 23.5 Å². The Morgan fingerprint density at radius 3 is 2.38 bits per heavy atom. The second kappa shape index (κ2) is 10.2. The van der Waals surface area contributed by atoms with Crippen molar-refractivity contribution in [2.75, 3.05) is 11.9 Å². The first-order valence-electron chi connectivity index (χ1n) is 8.66. The molecule has 2 N–H and O–H groups in total. The Balaban J connectivity index is 1.87. The Kier molecular flexibility index (Phi) is 7.64. The van der Waals surface area contributed by atoms with Crippen molar-refractivity contribution in [3.8, 4) is 5.75 Å². The molecule has 9 heteroatoms. The maximum absolute atomic E-state index is 12.4. The molecule has 0 aliphatic rings. The summed E-state index contributed by atoms with van der Waals surface area (Å²) < 4.78 is 34.1. The monoisotopic (exact) mass is 406 g/mol. The molecule has 0 aromatic heterocycles. The minimum atomic E-state index is -3.06. The highest BCUT2D eigenvalue weighted by Crippen LogP contribution is 2.25. The first-order chi connectivity index (χ1) is 13.8. The summed E-state index contributed by atoms with van der Waals surface area (Å²) in [4.78, 5) is 36.2. The number of hydrogen-bond donors (Lipinski definition) is 2. The number of para-hydroxylation sites is 2. The van der Waals surface area contributed by atoms with Crippen LogP contribution in [0.3, 0.4) is 0 Å². The van der Waals surface area contributed by atoms with Gasteiger partial charge in [-0.15, -0.1) is 0 Å². The molecular formula is C20H20F2N2O5. The lowest BCUT2D eigenvalue weighted by molar-refractivity contribution is -0.152. The Morgan fingerprint density at radius 2 is 1.69 bits per heavy atom. The third kappa shape index (κ3) is 6.56. The van der Waals surface area contributed by atoms with Crippen LogP contribution in [0.25, 0.3) is 0 Å². The fourth-order valence-electron chi connectivity index (χ4n) is 2.37. The van der Waals surface area contributed by atoms with E-state index in [-0.39, 0.29) is 11.4 Å². The Hall–Kier alpha value is -3.49. The lowest BCUT2D eigenvalue weighted by Crippen LogP contribution is -2.36. The number of aryl methyl sites for hydroxylation is 1. The van der Waals surface area contributed by atoms with Crippen LogP contribution in [0, 0.1) is 6.92 Å². The highest BCUT2D eigenvalue weighted by Gasteiger charge is 2.20. The first kappa shape index (κ1) is 21.8. The zero-order chi connectivity index (χ0) is 21.4. The molecule has 2 amide bonds.